The maximum atomic E-state index is 12.3. The molecular weight excluding hydrogens is 300 g/mol. The summed E-state index contributed by atoms with van der Waals surface area (Å²) in [5, 5.41) is 2.85. The van der Waals surface area contributed by atoms with Gasteiger partial charge in [0.05, 0.1) is 11.5 Å². The molecule has 6 heteroatoms. The first kappa shape index (κ1) is 16.2. The molecule has 22 heavy (non-hydrogen) atoms. The molecule has 126 valence electrons. The zero-order chi connectivity index (χ0) is 15.7. The highest BCUT2D eigenvalue weighted by Gasteiger charge is 2.40. The topological polar surface area (TPSA) is 89.3 Å². The molecule has 3 aliphatic carbocycles. The van der Waals surface area contributed by atoms with Crippen LogP contribution in [0.3, 0.4) is 0 Å². The van der Waals surface area contributed by atoms with E-state index in [1.807, 2.05) is 0 Å². The Morgan fingerprint density at radius 2 is 1.73 bits per heavy atom. The number of nitrogens with one attached hydrogen (secondary N) is 1. The van der Waals surface area contributed by atoms with Crippen molar-refractivity contribution in [3.8, 4) is 0 Å². The fourth-order valence-corrected chi connectivity index (χ4v) is 5.84. The third-order valence-corrected chi connectivity index (χ3v) is 7.49. The third kappa shape index (κ3) is 4.02. The molecular formula is C16H28N2O3S. The summed E-state index contributed by atoms with van der Waals surface area (Å²) in [5.74, 6) is 1.76. The van der Waals surface area contributed by atoms with Crippen molar-refractivity contribution in [2.45, 2.75) is 51.0 Å². The highest BCUT2D eigenvalue weighted by atomic mass is 32.2. The summed E-state index contributed by atoms with van der Waals surface area (Å²) in [4.78, 5) is 12.3. The highest BCUT2D eigenvalue weighted by Crippen LogP contribution is 2.41. The van der Waals surface area contributed by atoms with E-state index < -0.39 is 9.84 Å². The van der Waals surface area contributed by atoms with Crippen LogP contribution in [0.25, 0.3) is 0 Å². The Hall–Kier alpha value is -0.620. The highest BCUT2D eigenvalue weighted by molar-refractivity contribution is 7.91. The normalized spacial score (nSPS) is 35.1. The van der Waals surface area contributed by atoms with Crippen LogP contribution >= 0.6 is 0 Å². The lowest BCUT2D eigenvalue weighted by atomic mass is 9.65. The standard InChI is InChI=1S/C16H28N2O3S/c17-15-12-2-1-3-13(15)9-14(8-12)16(19)18-6-7-22(20,21)10-11-4-5-11/h11-15H,1-10,17H2,(H,18,19). The molecule has 2 bridgehead atoms. The molecule has 3 N–H and O–H groups in total. The van der Waals surface area contributed by atoms with Crippen molar-refractivity contribution in [2.24, 2.45) is 29.4 Å². The number of sulfone groups is 1. The molecule has 0 aromatic heterocycles. The van der Waals surface area contributed by atoms with Gasteiger partial charge in [0.2, 0.25) is 5.91 Å². The van der Waals surface area contributed by atoms with Gasteiger partial charge in [0.25, 0.3) is 0 Å². The van der Waals surface area contributed by atoms with Gasteiger partial charge in [0.1, 0.15) is 0 Å². The summed E-state index contributed by atoms with van der Waals surface area (Å²) in [7, 11) is -3.00. The molecule has 0 aromatic carbocycles. The van der Waals surface area contributed by atoms with Crippen molar-refractivity contribution in [2.75, 3.05) is 18.1 Å². The number of carbonyl (C=O) groups is 1. The number of nitrogens with two attached hydrogens (primary N) is 1. The number of amides is 1. The first-order chi connectivity index (χ1) is 10.4. The molecule has 0 aromatic rings. The summed E-state index contributed by atoms with van der Waals surface area (Å²) in [6, 6.07) is 0.261. The maximum absolute atomic E-state index is 12.3. The lowest BCUT2D eigenvalue weighted by Gasteiger charge is -2.43. The molecule has 0 spiro atoms. The number of hydrogen-bond acceptors (Lipinski definition) is 4. The van der Waals surface area contributed by atoms with Gasteiger partial charge >= 0.3 is 0 Å². The molecule has 2 unspecified atom stereocenters. The van der Waals surface area contributed by atoms with Gasteiger partial charge in [-0.2, -0.15) is 0 Å². The van der Waals surface area contributed by atoms with Crippen LogP contribution in [0.4, 0.5) is 0 Å². The van der Waals surface area contributed by atoms with E-state index in [1.165, 1.54) is 6.42 Å². The van der Waals surface area contributed by atoms with Crippen LogP contribution in [-0.2, 0) is 14.6 Å². The number of hydrogen-bond donors (Lipinski definition) is 2. The Morgan fingerprint density at radius 1 is 1.09 bits per heavy atom. The average molecular weight is 328 g/mol. The van der Waals surface area contributed by atoms with E-state index >= 15 is 0 Å². The zero-order valence-electron chi connectivity index (χ0n) is 13.2. The molecule has 0 heterocycles. The van der Waals surface area contributed by atoms with Gasteiger partial charge in [0.15, 0.2) is 9.84 Å². The fraction of sp³-hybridized carbons (Fsp3) is 0.938. The van der Waals surface area contributed by atoms with E-state index in [9.17, 15) is 13.2 Å². The quantitative estimate of drug-likeness (QED) is 0.763. The first-order valence-electron chi connectivity index (χ1n) is 8.68. The fourth-order valence-electron chi connectivity index (χ4n) is 4.20. The minimum atomic E-state index is -3.00. The average Bonchev–Trinajstić information content (AvgIpc) is 3.21. The monoisotopic (exact) mass is 328 g/mol. The van der Waals surface area contributed by atoms with Crippen LogP contribution in [0, 0.1) is 23.7 Å². The second-order valence-corrected chi connectivity index (χ2v) is 9.77. The Balaban J connectivity index is 1.44. The van der Waals surface area contributed by atoms with Gasteiger partial charge in [-0.15, -0.1) is 0 Å². The van der Waals surface area contributed by atoms with Crippen LogP contribution in [0.5, 0.6) is 0 Å². The Labute approximate surface area is 133 Å². The molecule has 3 saturated carbocycles. The van der Waals surface area contributed by atoms with Crippen LogP contribution in [0.15, 0.2) is 0 Å². The van der Waals surface area contributed by atoms with Crippen molar-refractivity contribution in [1.29, 1.82) is 0 Å². The number of fused-ring (bicyclic) bond motifs is 2. The van der Waals surface area contributed by atoms with Crippen molar-refractivity contribution in [3.05, 3.63) is 0 Å². The molecule has 0 saturated heterocycles. The van der Waals surface area contributed by atoms with Crippen LogP contribution in [-0.4, -0.2) is 38.4 Å². The lowest BCUT2D eigenvalue weighted by Crippen LogP contribution is -2.49. The van der Waals surface area contributed by atoms with Crippen LogP contribution in [0.1, 0.15) is 44.9 Å². The van der Waals surface area contributed by atoms with Gasteiger partial charge < -0.3 is 11.1 Å². The molecule has 0 radical (unpaired) electrons. The molecule has 5 nitrogen and oxygen atoms in total. The zero-order valence-corrected chi connectivity index (χ0v) is 14.0. The smallest absolute Gasteiger partial charge is 0.223 e. The van der Waals surface area contributed by atoms with Gasteiger partial charge in [-0.1, -0.05) is 6.42 Å². The Kier molecular flexibility index (Phi) is 4.78. The van der Waals surface area contributed by atoms with Crippen molar-refractivity contribution < 1.29 is 13.2 Å². The minimum absolute atomic E-state index is 0.0289. The van der Waals surface area contributed by atoms with Crippen LogP contribution < -0.4 is 11.1 Å². The summed E-state index contributed by atoms with van der Waals surface area (Å²) >= 11 is 0. The molecule has 1 amide bonds. The predicted octanol–water partition coefficient (Wildman–Crippen LogP) is 1.08. The van der Waals surface area contributed by atoms with Gasteiger partial charge in [-0.05, 0) is 56.3 Å². The van der Waals surface area contributed by atoms with Crippen molar-refractivity contribution in [3.63, 3.8) is 0 Å². The van der Waals surface area contributed by atoms with E-state index in [-0.39, 0.29) is 30.2 Å². The number of rotatable bonds is 6. The van der Waals surface area contributed by atoms with E-state index in [0.717, 1.165) is 38.5 Å². The van der Waals surface area contributed by atoms with Gasteiger partial charge in [0, 0.05) is 18.5 Å². The van der Waals surface area contributed by atoms with Crippen molar-refractivity contribution >= 4 is 15.7 Å². The SMILES string of the molecule is NC1C2CCCC1CC(C(=O)NCCS(=O)(=O)CC1CC1)C2. The first-order valence-corrected chi connectivity index (χ1v) is 10.5. The van der Waals surface area contributed by atoms with E-state index in [2.05, 4.69) is 5.32 Å². The third-order valence-electron chi connectivity index (χ3n) is 5.68. The van der Waals surface area contributed by atoms with E-state index in [0.29, 0.717) is 23.5 Å². The van der Waals surface area contributed by atoms with Gasteiger partial charge in [-0.3, -0.25) is 4.79 Å². The van der Waals surface area contributed by atoms with Gasteiger partial charge in [-0.25, -0.2) is 8.42 Å². The summed E-state index contributed by atoms with van der Waals surface area (Å²) in [6.45, 7) is 0.256. The maximum Gasteiger partial charge on any atom is 0.223 e. The summed E-state index contributed by atoms with van der Waals surface area (Å²) in [5.41, 5.74) is 6.25. The van der Waals surface area contributed by atoms with E-state index in [1.54, 1.807) is 0 Å². The van der Waals surface area contributed by atoms with Crippen LogP contribution in [0.2, 0.25) is 0 Å². The minimum Gasteiger partial charge on any atom is -0.355 e. The summed E-state index contributed by atoms with van der Waals surface area (Å²) in [6.07, 6.45) is 7.33. The van der Waals surface area contributed by atoms with Crippen molar-refractivity contribution in [1.82, 2.24) is 5.32 Å². The molecule has 0 aliphatic heterocycles. The molecule has 2 atom stereocenters. The second-order valence-electron chi connectivity index (χ2n) is 7.55. The molecule has 3 fully saturated rings. The second kappa shape index (κ2) is 6.48. The largest absolute Gasteiger partial charge is 0.355 e. The lowest BCUT2D eigenvalue weighted by molar-refractivity contribution is -0.127. The summed E-state index contributed by atoms with van der Waals surface area (Å²) < 4.78 is 23.7. The Bertz CT molecular complexity index is 501. The number of carbonyl (C=O) groups excluding carboxylic acids is 1. The molecule has 3 rings (SSSR count). The Morgan fingerprint density at radius 3 is 2.32 bits per heavy atom. The molecule has 3 aliphatic rings. The predicted molar refractivity (Wildman–Crippen MR) is 85.9 cm³/mol. The van der Waals surface area contributed by atoms with E-state index in [4.69, 9.17) is 5.73 Å².